The summed E-state index contributed by atoms with van der Waals surface area (Å²) in [4.78, 5) is 33.2. The van der Waals surface area contributed by atoms with Crippen molar-refractivity contribution < 1.29 is 14.3 Å². The van der Waals surface area contributed by atoms with E-state index in [0.29, 0.717) is 12.8 Å². The molecule has 1 saturated heterocycles. The molecule has 3 rings (SSSR count). The Balaban J connectivity index is 1.91. The normalized spacial score (nSPS) is 23.7. The molecule has 1 aliphatic heterocycles. The molecule has 0 radical (unpaired) electrons. The third kappa shape index (κ3) is 2.62. The van der Waals surface area contributed by atoms with Crippen molar-refractivity contribution in [3.05, 3.63) is 16.7 Å². The first-order chi connectivity index (χ1) is 10.9. The minimum absolute atomic E-state index is 0.0336. The first-order valence-corrected chi connectivity index (χ1v) is 6.89. The van der Waals surface area contributed by atoms with Crippen LogP contribution in [0.25, 0.3) is 11.2 Å². The number of hydrogen-bond donors (Lipinski definition) is 2. The number of rotatable bonds is 3. The number of esters is 1. The number of imidazole rings is 1. The van der Waals surface area contributed by atoms with Crippen LogP contribution >= 0.6 is 0 Å². The minimum Gasteiger partial charge on any atom is -0.462 e. The van der Waals surface area contributed by atoms with Gasteiger partial charge in [0.05, 0.1) is 6.33 Å². The molecule has 3 heterocycles. The zero-order valence-corrected chi connectivity index (χ0v) is 12.3. The number of carbonyl (C=O) groups is 1. The van der Waals surface area contributed by atoms with E-state index >= 15 is 0 Å². The fourth-order valence-corrected chi connectivity index (χ4v) is 2.52. The summed E-state index contributed by atoms with van der Waals surface area (Å²) >= 11 is 0. The molecule has 0 bridgehead atoms. The molecule has 0 aliphatic carbocycles. The molecule has 2 aromatic rings. The van der Waals surface area contributed by atoms with Crippen LogP contribution < -0.4 is 11.3 Å². The average molecular weight is 318 g/mol. The van der Waals surface area contributed by atoms with Crippen molar-refractivity contribution in [3.8, 4) is 6.07 Å². The predicted octanol–water partition coefficient (Wildman–Crippen LogP) is -0.164. The Morgan fingerprint density at radius 1 is 1.74 bits per heavy atom. The molecule has 0 aromatic carbocycles. The van der Waals surface area contributed by atoms with E-state index in [2.05, 4.69) is 15.0 Å². The summed E-state index contributed by atoms with van der Waals surface area (Å²) in [6, 6.07) is 2.05. The molecule has 0 unspecified atom stereocenters. The fraction of sp³-hybridized carbons (Fsp3) is 0.462. The number of ether oxygens (including phenoxy) is 2. The monoisotopic (exact) mass is 318 g/mol. The zero-order chi connectivity index (χ0) is 16.6. The van der Waals surface area contributed by atoms with Gasteiger partial charge in [-0.3, -0.25) is 19.1 Å². The Bertz CT molecular complexity index is 865. The van der Waals surface area contributed by atoms with Gasteiger partial charge in [0, 0.05) is 6.92 Å². The van der Waals surface area contributed by atoms with Crippen LogP contribution in [-0.4, -0.2) is 37.7 Å². The first-order valence-electron chi connectivity index (χ1n) is 6.89. The van der Waals surface area contributed by atoms with E-state index < -0.39 is 23.4 Å². The highest BCUT2D eigenvalue weighted by atomic mass is 16.6. The molecule has 3 N–H and O–H groups in total. The molecule has 10 nitrogen and oxygen atoms in total. The summed E-state index contributed by atoms with van der Waals surface area (Å²) in [6.07, 6.45) is 1.72. The van der Waals surface area contributed by atoms with Crippen molar-refractivity contribution in [2.24, 2.45) is 0 Å². The lowest BCUT2D eigenvalue weighted by atomic mass is 10.0. The van der Waals surface area contributed by atoms with E-state index in [0.717, 1.165) is 0 Å². The van der Waals surface area contributed by atoms with E-state index in [1.165, 1.54) is 13.3 Å². The van der Waals surface area contributed by atoms with Crippen molar-refractivity contribution in [3.63, 3.8) is 0 Å². The summed E-state index contributed by atoms with van der Waals surface area (Å²) in [6.45, 7) is 1.11. The number of nitrogens with one attached hydrogen (secondary N) is 1. The molecule has 23 heavy (non-hydrogen) atoms. The van der Waals surface area contributed by atoms with Gasteiger partial charge in [-0.15, -0.1) is 0 Å². The van der Waals surface area contributed by atoms with E-state index in [1.54, 1.807) is 4.57 Å². The standard InChI is InChI=1S/C13H14N6O4/c1-7(20)22-5-13(4-14)3-2-8(23-13)19-6-16-9-10(19)17-12(15)18-11(9)21/h6,8H,2-3,5H2,1H3,(H3,15,17,18,21)/t8-,13+/m1/s1. The van der Waals surface area contributed by atoms with Gasteiger partial charge in [0.1, 0.15) is 18.9 Å². The quantitative estimate of drug-likeness (QED) is 0.741. The van der Waals surface area contributed by atoms with Gasteiger partial charge < -0.3 is 15.2 Å². The third-order valence-electron chi connectivity index (χ3n) is 3.63. The lowest BCUT2D eigenvalue weighted by Gasteiger charge is -2.21. The number of nitrogens with zero attached hydrogens (tertiary/aromatic N) is 4. The summed E-state index contributed by atoms with van der Waals surface area (Å²) < 4.78 is 12.2. The van der Waals surface area contributed by atoms with Crippen LogP contribution in [0, 0.1) is 11.3 Å². The minimum atomic E-state index is -1.22. The molecular formula is C13H14N6O4. The molecule has 0 amide bonds. The second kappa shape index (κ2) is 5.36. The number of aromatic amines is 1. The highest BCUT2D eigenvalue weighted by Gasteiger charge is 2.43. The van der Waals surface area contributed by atoms with Crippen molar-refractivity contribution >= 4 is 23.1 Å². The summed E-state index contributed by atoms with van der Waals surface area (Å²) in [5.74, 6) is -0.519. The number of carbonyl (C=O) groups excluding carboxylic acids is 1. The van der Waals surface area contributed by atoms with Crippen molar-refractivity contribution in [2.45, 2.75) is 31.6 Å². The number of fused-ring (bicyclic) bond motifs is 1. The van der Waals surface area contributed by atoms with Crippen molar-refractivity contribution in [1.29, 1.82) is 5.26 Å². The van der Waals surface area contributed by atoms with Crippen LogP contribution in [0.1, 0.15) is 26.0 Å². The lowest BCUT2D eigenvalue weighted by Crippen LogP contribution is -2.33. The van der Waals surface area contributed by atoms with Crippen LogP contribution in [0.3, 0.4) is 0 Å². The van der Waals surface area contributed by atoms with Crippen LogP contribution in [0.15, 0.2) is 11.1 Å². The molecule has 0 spiro atoms. The van der Waals surface area contributed by atoms with E-state index in [-0.39, 0.29) is 23.7 Å². The number of H-pyrrole nitrogens is 1. The molecule has 1 fully saturated rings. The highest BCUT2D eigenvalue weighted by Crippen LogP contribution is 2.37. The van der Waals surface area contributed by atoms with Gasteiger partial charge in [-0.05, 0) is 12.8 Å². The Kier molecular flexibility index (Phi) is 3.49. The van der Waals surface area contributed by atoms with Gasteiger partial charge in [-0.25, -0.2) is 4.98 Å². The molecular weight excluding hydrogens is 304 g/mol. The SMILES string of the molecule is CC(=O)OC[C@@]1(C#N)CC[C@H](n2cnc3c(=O)[nH]c(N)nc32)O1. The molecule has 10 heteroatoms. The van der Waals surface area contributed by atoms with Gasteiger partial charge in [-0.2, -0.15) is 10.2 Å². The van der Waals surface area contributed by atoms with Crippen LogP contribution in [0.4, 0.5) is 5.95 Å². The van der Waals surface area contributed by atoms with E-state index in [9.17, 15) is 14.9 Å². The summed E-state index contributed by atoms with van der Waals surface area (Å²) in [5, 5.41) is 9.36. The third-order valence-corrected chi connectivity index (χ3v) is 3.63. The van der Waals surface area contributed by atoms with Gasteiger partial charge >= 0.3 is 5.97 Å². The maximum Gasteiger partial charge on any atom is 0.302 e. The molecule has 120 valence electrons. The maximum atomic E-state index is 11.8. The molecule has 0 saturated carbocycles. The van der Waals surface area contributed by atoms with Gasteiger partial charge in [0.15, 0.2) is 16.8 Å². The predicted molar refractivity (Wildman–Crippen MR) is 76.9 cm³/mol. The summed E-state index contributed by atoms with van der Waals surface area (Å²) in [5.41, 5.74) is 4.29. The van der Waals surface area contributed by atoms with Crippen LogP contribution in [0.5, 0.6) is 0 Å². The topological polar surface area (TPSA) is 149 Å². The maximum absolute atomic E-state index is 11.8. The van der Waals surface area contributed by atoms with Gasteiger partial charge in [0.25, 0.3) is 5.56 Å². The number of nitrogen functional groups attached to an aromatic ring is 1. The second-order valence-electron chi connectivity index (χ2n) is 5.27. The molecule has 1 aliphatic rings. The van der Waals surface area contributed by atoms with Gasteiger partial charge in [0.2, 0.25) is 5.95 Å². The number of anilines is 1. The Labute approximate surface area is 129 Å². The fourth-order valence-electron chi connectivity index (χ4n) is 2.52. The zero-order valence-electron chi connectivity index (χ0n) is 12.3. The number of aromatic nitrogens is 4. The smallest absolute Gasteiger partial charge is 0.302 e. The Morgan fingerprint density at radius 2 is 2.52 bits per heavy atom. The van der Waals surface area contributed by atoms with E-state index in [1.807, 2.05) is 6.07 Å². The summed E-state index contributed by atoms with van der Waals surface area (Å²) in [7, 11) is 0. The Morgan fingerprint density at radius 3 is 3.22 bits per heavy atom. The van der Waals surface area contributed by atoms with Crippen LogP contribution in [0.2, 0.25) is 0 Å². The Hall–Kier alpha value is -2.93. The number of hydrogen-bond acceptors (Lipinski definition) is 8. The van der Waals surface area contributed by atoms with Crippen molar-refractivity contribution in [2.75, 3.05) is 12.3 Å². The number of nitriles is 1. The molecule has 2 atom stereocenters. The van der Waals surface area contributed by atoms with Gasteiger partial charge in [-0.1, -0.05) is 0 Å². The van der Waals surface area contributed by atoms with Crippen molar-refractivity contribution in [1.82, 2.24) is 19.5 Å². The second-order valence-corrected chi connectivity index (χ2v) is 5.27. The largest absolute Gasteiger partial charge is 0.462 e. The highest BCUT2D eigenvalue weighted by molar-refractivity contribution is 5.70. The average Bonchev–Trinajstić information content (AvgIpc) is 3.09. The molecule has 2 aromatic heterocycles. The van der Waals surface area contributed by atoms with Crippen LogP contribution in [-0.2, 0) is 14.3 Å². The first kappa shape index (κ1) is 15.0. The lowest BCUT2D eigenvalue weighted by molar-refractivity contribution is -0.149. The van der Waals surface area contributed by atoms with E-state index in [4.69, 9.17) is 15.2 Å². The number of nitrogens with two attached hydrogens (primary N) is 1.